The molecule has 9 nitrogen and oxygen atoms in total. The van der Waals surface area contributed by atoms with E-state index in [1.807, 2.05) is 0 Å². The van der Waals surface area contributed by atoms with Crippen molar-refractivity contribution < 1.29 is 31.7 Å². The number of amides is 2. The molecule has 0 radical (unpaired) electrons. The molecule has 184 valence electrons. The van der Waals surface area contributed by atoms with Gasteiger partial charge in [0.2, 0.25) is 0 Å². The van der Waals surface area contributed by atoms with Crippen molar-refractivity contribution in [1.29, 1.82) is 0 Å². The van der Waals surface area contributed by atoms with E-state index in [9.17, 15) is 18.0 Å². The topological polar surface area (TPSA) is 102 Å². The summed E-state index contributed by atoms with van der Waals surface area (Å²) in [7, 11) is -4.20. The van der Waals surface area contributed by atoms with E-state index >= 15 is 0 Å². The molecule has 1 aliphatic rings. The van der Waals surface area contributed by atoms with Gasteiger partial charge >= 0.3 is 16.2 Å². The highest BCUT2D eigenvalue weighted by Gasteiger charge is 2.29. The Bertz CT molecular complexity index is 1130. The largest absolute Gasteiger partial charge is 0.490 e. The first-order valence-electron chi connectivity index (χ1n) is 11.0. The molecule has 0 N–H and O–H groups in total. The number of benzene rings is 2. The third-order valence-corrected chi connectivity index (χ3v) is 6.17. The zero-order chi connectivity index (χ0) is 24.9. The quantitative estimate of drug-likeness (QED) is 0.571. The van der Waals surface area contributed by atoms with Crippen molar-refractivity contribution in [3.63, 3.8) is 0 Å². The second kappa shape index (κ2) is 10.3. The highest BCUT2D eigenvalue weighted by atomic mass is 32.2. The second-order valence-electron chi connectivity index (χ2n) is 8.70. The van der Waals surface area contributed by atoms with E-state index < -0.39 is 21.8 Å². The molecule has 2 aromatic carbocycles. The minimum absolute atomic E-state index is 0.0688. The standard InChI is InChI=1S/C24H30N2O7S/c1-5-31-20-11-6-7-12-21(20)33-34(29,30)19-10-8-9-18(17-19)22(27)25-13-15-26(16-14-25)23(28)32-24(2,3)4/h6-12,17H,5,13-16H2,1-4H3. The molecule has 0 aromatic heterocycles. The Morgan fingerprint density at radius 2 is 1.53 bits per heavy atom. The van der Waals surface area contributed by atoms with Gasteiger partial charge in [-0.15, -0.1) is 0 Å². The second-order valence-corrected chi connectivity index (χ2v) is 10.3. The Morgan fingerprint density at radius 1 is 0.912 bits per heavy atom. The van der Waals surface area contributed by atoms with Crippen LogP contribution in [0.15, 0.2) is 53.4 Å². The normalized spacial score (nSPS) is 14.5. The van der Waals surface area contributed by atoms with Crippen LogP contribution < -0.4 is 8.92 Å². The molecule has 2 aromatic rings. The lowest BCUT2D eigenvalue weighted by molar-refractivity contribution is 0.0141. The van der Waals surface area contributed by atoms with Crippen LogP contribution in [0.25, 0.3) is 0 Å². The fourth-order valence-corrected chi connectivity index (χ4v) is 4.33. The Morgan fingerprint density at radius 3 is 2.15 bits per heavy atom. The smallest absolute Gasteiger partial charge is 0.410 e. The molecule has 1 saturated heterocycles. The lowest BCUT2D eigenvalue weighted by Gasteiger charge is -2.35. The molecule has 0 bridgehead atoms. The maximum Gasteiger partial charge on any atom is 0.410 e. The van der Waals surface area contributed by atoms with Crippen LogP contribution in [0.2, 0.25) is 0 Å². The zero-order valence-corrected chi connectivity index (χ0v) is 20.6. The highest BCUT2D eigenvalue weighted by Crippen LogP contribution is 2.29. The Hall–Kier alpha value is -3.27. The Kier molecular flexibility index (Phi) is 7.71. The molecular weight excluding hydrogens is 460 g/mol. The first kappa shape index (κ1) is 25.4. The van der Waals surface area contributed by atoms with Crippen molar-refractivity contribution in [2.75, 3.05) is 32.8 Å². The zero-order valence-electron chi connectivity index (χ0n) is 19.8. The van der Waals surface area contributed by atoms with Crippen LogP contribution in [-0.4, -0.2) is 68.6 Å². The van der Waals surface area contributed by atoms with Crippen molar-refractivity contribution in [3.05, 3.63) is 54.1 Å². The average Bonchev–Trinajstić information content (AvgIpc) is 2.79. The summed E-state index contributed by atoms with van der Waals surface area (Å²) in [4.78, 5) is 28.3. The van der Waals surface area contributed by atoms with Gasteiger partial charge in [-0.05, 0) is 58.0 Å². The Labute approximate surface area is 200 Å². The number of hydrogen-bond acceptors (Lipinski definition) is 7. The number of para-hydroxylation sites is 2. The molecule has 3 rings (SSSR count). The summed E-state index contributed by atoms with van der Waals surface area (Å²) in [5.41, 5.74) is -0.380. The minimum Gasteiger partial charge on any atom is -0.490 e. The summed E-state index contributed by atoms with van der Waals surface area (Å²) in [6.07, 6.45) is -0.419. The summed E-state index contributed by atoms with van der Waals surface area (Å²) in [5.74, 6) is 0.0543. The van der Waals surface area contributed by atoms with E-state index in [1.54, 1.807) is 61.8 Å². The molecule has 0 unspecified atom stereocenters. The van der Waals surface area contributed by atoms with Gasteiger partial charge in [-0.25, -0.2) is 4.79 Å². The molecule has 34 heavy (non-hydrogen) atoms. The molecule has 0 aliphatic carbocycles. The van der Waals surface area contributed by atoms with Crippen LogP contribution >= 0.6 is 0 Å². The average molecular weight is 491 g/mol. The minimum atomic E-state index is -4.20. The molecule has 10 heteroatoms. The van der Waals surface area contributed by atoms with Crippen LogP contribution in [-0.2, 0) is 14.9 Å². The maximum absolute atomic E-state index is 13.0. The summed E-state index contributed by atoms with van der Waals surface area (Å²) >= 11 is 0. The lowest BCUT2D eigenvalue weighted by Crippen LogP contribution is -2.51. The number of ether oxygens (including phenoxy) is 2. The van der Waals surface area contributed by atoms with Gasteiger partial charge in [0.25, 0.3) is 5.91 Å². The number of rotatable bonds is 6. The number of hydrogen-bond donors (Lipinski definition) is 0. The molecule has 0 saturated carbocycles. The number of carbonyl (C=O) groups is 2. The maximum atomic E-state index is 13.0. The van der Waals surface area contributed by atoms with Crippen LogP contribution in [0.3, 0.4) is 0 Å². The van der Waals surface area contributed by atoms with Gasteiger partial charge in [0.1, 0.15) is 10.5 Å². The number of nitrogens with zero attached hydrogens (tertiary/aromatic N) is 2. The molecule has 2 amide bonds. The summed E-state index contributed by atoms with van der Waals surface area (Å²) < 4.78 is 41.9. The number of carbonyl (C=O) groups excluding carboxylic acids is 2. The fourth-order valence-electron chi connectivity index (χ4n) is 3.35. The molecular formula is C24H30N2O7S. The van der Waals surface area contributed by atoms with E-state index in [2.05, 4.69) is 0 Å². The van der Waals surface area contributed by atoms with Crippen LogP contribution in [0.4, 0.5) is 4.79 Å². The van der Waals surface area contributed by atoms with Crippen molar-refractivity contribution in [1.82, 2.24) is 9.80 Å². The van der Waals surface area contributed by atoms with Crippen LogP contribution in [0.5, 0.6) is 11.5 Å². The van der Waals surface area contributed by atoms with E-state index in [0.717, 1.165) is 0 Å². The molecule has 1 heterocycles. The lowest BCUT2D eigenvalue weighted by atomic mass is 10.2. The van der Waals surface area contributed by atoms with Gasteiger partial charge in [-0.1, -0.05) is 18.2 Å². The first-order chi connectivity index (χ1) is 16.0. The van der Waals surface area contributed by atoms with Gasteiger partial charge in [0.05, 0.1) is 6.61 Å². The SMILES string of the molecule is CCOc1ccccc1OS(=O)(=O)c1cccc(C(=O)N2CCN(C(=O)OC(C)(C)C)CC2)c1. The van der Waals surface area contributed by atoms with Crippen molar-refractivity contribution >= 4 is 22.1 Å². The van der Waals surface area contributed by atoms with Crippen molar-refractivity contribution in [2.24, 2.45) is 0 Å². The van der Waals surface area contributed by atoms with Crippen molar-refractivity contribution in [3.8, 4) is 11.5 Å². The monoisotopic (exact) mass is 490 g/mol. The van der Waals surface area contributed by atoms with Gasteiger partial charge in [0, 0.05) is 31.7 Å². The molecule has 1 fully saturated rings. The predicted octanol–water partition coefficient (Wildman–Crippen LogP) is 3.55. The van der Waals surface area contributed by atoms with E-state index in [0.29, 0.717) is 38.5 Å². The first-order valence-corrected chi connectivity index (χ1v) is 12.4. The third-order valence-electron chi connectivity index (χ3n) is 4.94. The van der Waals surface area contributed by atoms with E-state index in [-0.39, 0.29) is 22.1 Å². The van der Waals surface area contributed by atoms with Gasteiger partial charge < -0.3 is 23.5 Å². The van der Waals surface area contributed by atoms with E-state index in [1.165, 1.54) is 24.3 Å². The van der Waals surface area contributed by atoms with Gasteiger partial charge in [-0.3, -0.25) is 4.79 Å². The van der Waals surface area contributed by atoms with Crippen LogP contribution in [0, 0.1) is 0 Å². The van der Waals surface area contributed by atoms with Gasteiger partial charge in [0.15, 0.2) is 11.5 Å². The third kappa shape index (κ3) is 6.40. The van der Waals surface area contributed by atoms with E-state index in [4.69, 9.17) is 13.7 Å². The summed E-state index contributed by atoms with van der Waals surface area (Å²) in [6.45, 7) is 8.81. The van der Waals surface area contributed by atoms with Crippen LogP contribution in [0.1, 0.15) is 38.1 Å². The summed E-state index contributed by atoms with van der Waals surface area (Å²) in [5, 5.41) is 0. The van der Waals surface area contributed by atoms with Crippen molar-refractivity contribution in [2.45, 2.75) is 38.2 Å². The molecule has 0 atom stereocenters. The predicted molar refractivity (Wildman–Crippen MR) is 126 cm³/mol. The summed E-state index contributed by atoms with van der Waals surface area (Å²) in [6, 6.07) is 12.2. The fraction of sp³-hybridized carbons (Fsp3) is 0.417. The molecule has 0 spiro atoms. The molecule has 1 aliphatic heterocycles. The highest BCUT2D eigenvalue weighted by molar-refractivity contribution is 7.87. The number of piperazine rings is 1. The Balaban J connectivity index is 1.70. The van der Waals surface area contributed by atoms with Gasteiger partial charge in [-0.2, -0.15) is 8.42 Å².